The Balaban J connectivity index is 2.54. The maximum atomic E-state index is 11.2. The lowest BCUT2D eigenvalue weighted by atomic mass is 10.3. The van der Waals surface area contributed by atoms with E-state index in [9.17, 15) is 13.2 Å². The molecule has 1 rings (SSSR count). The predicted octanol–water partition coefficient (Wildman–Crippen LogP) is -0.435. The monoisotopic (exact) mass is 206 g/mol. The molecule has 0 heterocycles. The summed E-state index contributed by atoms with van der Waals surface area (Å²) in [5.74, 6) is -0.187. The highest BCUT2D eigenvalue weighted by Crippen LogP contribution is 2.37. The van der Waals surface area contributed by atoms with Gasteiger partial charge in [-0.2, -0.15) is 12.7 Å². The third-order valence-electron chi connectivity index (χ3n) is 2.16. The molecule has 2 atom stereocenters. The second-order valence-corrected chi connectivity index (χ2v) is 5.46. The summed E-state index contributed by atoms with van der Waals surface area (Å²) in [7, 11) is -0.830. The first kappa shape index (κ1) is 10.5. The highest BCUT2D eigenvalue weighted by Gasteiger charge is 2.40. The van der Waals surface area contributed by atoms with Gasteiger partial charge in [0, 0.05) is 20.0 Å². The van der Waals surface area contributed by atoms with Crippen molar-refractivity contribution >= 4 is 16.1 Å². The van der Waals surface area contributed by atoms with Crippen LogP contribution in [0.5, 0.6) is 0 Å². The minimum Gasteiger partial charge on any atom is -0.274 e. The number of carbonyl (C=O) groups excluding carboxylic acids is 1. The fourth-order valence-electron chi connectivity index (χ4n) is 0.982. The van der Waals surface area contributed by atoms with Crippen molar-refractivity contribution < 1.29 is 13.2 Å². The van der Waals surface area contributed by atoms with Gasteiger partial charge in [-0.1, -0.05) is 6.92 Å². The summed E-state index contributed by atoms with van der Waals surface area (Å²) >= 11 is 0. The van der Waals surface area contributed by atoms with Crippen molar-refractivity contribution in [2.45, 2.75) is 13.3 Å². The van der Waals surface area contributed by atoms with Gasteiger partial charge in [-0.15, -0.1) is 0 Å². The molecule has 0 bridgehead atoms. The van der Waals surface area contributed by atoms with E-state index >= 15 is 0 Å². The SMILES string of the molecule is CC1CC1C(=O)NS(=O)(=O)N(C)C. The zero-order valence-corrected chi connectivity index (χ0v) is 8.76. The van der Waals surface area contributed by atoms with Crippen LogP contribution >= 0.6 is 0 Å². The number of nitrogens with zero attached hydrogens (tertiary/aromatic N) is 1. The van der Waals surface area contributed by atoms with E-state index in [0.717, 1.165) is 10.7 Å². The summed E-state index contributed by atoms with van der Waals surface area (Å²) in [5, 5.41) is 0. The number of hydrogen-bond acceptors (Lipinski definition) is 3. The number of rotatable bonds is 3. The fraction of sp³-hybridized carbons (Fsp3) is 0.857. The molecule has 0 radical (unpaired) electrons. The summed E-state index contributed by atoms with van der Waals surface area (Å²) in [5.41, 5.74) is 0. The number of hydrogen-bond donors (Lipinski definition) is 1. The second-order valence-electron chi connectivity index (χ2n) is 3.57. The van der Waals surface area contributed by atoms with Gasteiger partial charge < -0.3 is 0 Å². The molecule has 0 aliphatic heterocycles. The summed E-state index contributed by atoms with van der Waals surface area (Å²) in [6.45, 7) is 1.92. The van der Waals surface area contributed by atoms with Gasteiger partial charge in [0.05, 0.1) is 0 Å². The molecule has 1 saturated carbocycles. The lowest BCUT2D eigenvalue weighted by Crippen LogP contribution is -2.40. The second kappa shape index (κ2) is 3.26. The zero-order valence-electron chi connectivity index (χ0n) is 7.94. The largest absolute Gasteiger partial charge is 0.303 e. The standard InChI is InChI=1S/C7H14N2O3S/c1-5-4-6(5)7(10)8-13(11,12)9(2)3/h5-6H,4H2,1-3H3,(H,8,10). The molecule has 1 fully saturated rings. The molecule has 0 aromatic rings. The van der Waals surface area contributed by atoms with E-state index < -0.39 is 10.2 Å². The Labute approximate surface area is 78.3 Å². The summed E-state index contributed by atoms with van der Waals surface area (Å²) in [4.78, 5) is 11.2. The minimum atomic E-state index is -3.59. The van der Waals surface area contributed by atoms with Crippen molar-refractivity contribution in [3.8, 4) is 0 Å². The molecule has 13 heavy (non-hydrogen) atoms. The third-order valence-corrected chi connectivity index (χ3v) is 3.58. The van der Waals surface area contributed by atoms with Crippen LogP contribution in [0.3, 0.4) is 0 Å². The lowest BCUT2D eigenvalue weighted by molar-refractivity contribution is -0.120. The fourth-order valence-corrected chi connectivity index (χ4v) is 1.57. The maximum Gasteiger partial charge on any atom is 0.303 e. The van der Waals surface area contributed by atoms with Crippen LogP contribution in [0.4, 0.5) is 0 Å². The molecule has 0 spiro atoms. The Morgan fingerprint density at radius 2 is 1.92 bits per heavy atom. The molecule has 1 aliphatic carbocycles. The highest BCUT2D eigenvalue weighted by molar-refractivity contribution is 7.87. The molecule has 1 N–H and O–H groups in total. The van der Waals surface area contributed by atoms with Crippen molar-refractivity contribution in [1.29, 1.82) is 0 Å². The average molecular weight is 206 g/mol. The van der Waals surface area contributed by atoms with Gasteiger partial charge in [0.15, 0.2) is 0 Å². The molecule has 6 heteroatoms. The topological polar surface area (TPSA) is 66.5 Å². The van der Waals surface area contributed by atoms with Crippen LogP contribution in [0.1, 0.15) is 13.3 Å². The normalized spacial score (nSPS) is 27.4. The van der Waals surface area contributed by atoms with Crippen molar-refractivity contribution in [2.24, 2.45) is 11.8 Å². The Kier molecular flexibility index (Phi) is 2.63. The summed E-state index contributed by atoms with van der Waals surface area (Å²) in [6.07, 6.45) is 0.786. The van der Waals surface area contributed by atoms with Crippen molar-refractivity contribution in [2.75, 3.05) is 14.1 Å². The summed E-state index contributed by atoms with van der Waals surface area (Å²) in [6, 6.07) is 0. The Hall–Kier alpha value is -0.620. The third kappa shape index (κ3) is 2.41. The van der Waals surface area contributed by atoms with Crippen LogP contribution in [-0.4, -0.2) is 32.7 Å². The number of carbonyl (C=O) groups is 1. The van der Waals surface area contributed by atoms with Crippen LogP contribution in [0.2, 0.25) is 0 Å². The minimum absolute atomic E-state index is 0.116. The van der Waals surface area contributed by atoms with E-state index in [1.165, 1.54) is 14.1 Å². The van der Waals surface area contributed by atoms with E-state index in [4.69, 9.17) is 0 Å². The average Bonchev–Trinajstić information content (AvgIpc) is 2.65. The van der Waals surface area contributed by atoms with Crippen LogP contribution in [0, 0.1) is 11.8 Å². The van der Waals surface area contributed by atoms with Crippen molar-refractivity contribution in [3.63, 3.8) is 0 Å². The van der Waals surface area contributed by atoms with E-state index in [0.29, 0.717) is 5.92 Å². The van der Waals surface area contributed by atoms with E-state index in [2.05, 4.69) is 0 Å². The van der Waals surface area contributed by atoms with Crippen LogP contribution in [-0.2, 0) is 15.0 Å². The van der Waals surface area contributed by atoms with E-state index in [1.807, 2.05) is 11.6 Å². The van der Waals surface area contributed by atoms with Crippen LogP contribution < -0.4 is 4.72 Å². The van der Waals surface area contributed by atoms with Gasteiger partial charge in [0.2, 0.25) is 5.91 Å². The van der Waals surface area contributed by atoms with Gasteiger partial charge in [0.1, 0.15) is 0 Å². The molecule has 5 nitrogen and oxygen atoms in total. The Bertz CT molecular complexity index is 310. The number of nitrogens with one attached hydrogen (secondary N) is 1. The van der Waals surface area contributed by atoms with Crippen LogP contribution in [0.15, 0.2) is 0 Å². The van der Waals surface area contributed by atoms with Crippen LogP contribution in [0.25, 0.3) is 0 Å². The zero-order chi connectivity index (χ0) is 10.2. The Morgan fingerprint density at radius 3 is 2.23 bits per heavy atom. The molecular formula is C7H14N2O3S. The molecule has 1 amide bonds. The maximum absolute atomic E-state index is 11.2. The molecule has 1 aliphatic rings. The highest BCUT2D eigenvalue weighted by atomic mass is 32.2. The van der Waals surface area contributed by atoms with Gasteiger partial charge in [-0.05, 0) is 12.3 Å². The lowest BCUT2D eigenvalue weighted by Gasteiger charge is -2.11. The quantitative estimate of drug-likeness (QED) is 0.681. The van der Waals surface area contributed by atoms with E-state index in [1.54, 1.807) is 0 Å². The summed E-state index contributed by atoms with van der Waals surface area (Å²) < 4.78 is 25.3. The van der Waals surface area contributed by atoms with Gasteiger partial charge in [0.25, 0.3) is 0 Å². The van der Waals surface area contributed by atoms with Crippen molar-refractivity contribution in [1.82, 2.24) is 9.03 Å². The smallest absolute Gasteiger partial charge is 0.274 e. The first-order valence-electron chi connectivity index (χ1n) is 4.08. The molecule has 2 unspecified atom stereocenters. The number of amides is 1. The first-order chi connectivity index (χ1) is 5.84. The predicted molar refractivity (Wildman–Crippen MR) is 48.0 cm³/mol. The van der Waals surface area contributed by atoms with Gasteiger partial charge in [-0.3, -0.25) is 4.79 Å². The molecule has 0 saturated heterocycles. The molecule has 0 aromatic carbocycles. The molecular weight excluding hydrogens is 192 g/mol. The van der Waals surface area contributed by atoms with Crippen molar-refractivity contribution in [3.05, 3.63) is 0 Å². The molecule has 0 aromatic heterocycles. The van der Waals surface area contributed by atoms with Gasteiger partial charge in [-0.25, -0.2) is 4.72 Å². The Morgan fingerprint density at radius 1 is 1.46 bits per heavy atom. The van der Waals surface area contributed by atoms with Gasteiger partial charge >= 0.3 is 10.2 Å². The molecule has 76 valence electrons. The van der Waals surface area contributed by atoms with E-state index in [-0.39, 0.29) is 11.8 Å². The first-order valence-corrected chi connectivity index (χ1v) is 5.52.